The molecule has 0 saturated heterocycles. The highest BCUT2D eigenvalue weighted by Gasteiger charge is 2.38. The second-order valence-corrected chi connectivity index (χ2v) is 9.69. The van der Waals surface area contributed by atoms with Gasteiger partial charge < -0.3 is 10.6 Å². The van der Waals surface area contributed by atoms with Gasteiger partial charge in [-0.3, -0.25) is 4.74 Å². The molecule has 1 aromatic carbocycles. The number of carbonyl (C=O) groups excluding carboxylic acids is 1. The molecule has 6 nitrogen and oxygen atoms in total. The van der Waals surface area contributed by atoms with Crippen molar-refractivity contribution in [3.8, 4) is 0 Å². The third kappa shape index (κ3) is 6.81. The standard InChI is InChI=1S/C26H27ClF4N4O2/c1-15-3-10-20(11-14-22(15)37-26(29,30)31)32-25(36)33-24-16(2)23(17-4-6-18(27)7-5-17)34-35(24)21-12-8-19(28)9-13-21/h4,6,8-16,22,24H,3,5,7H2,1-2H3,(H2,32,33,36)/t15-,16?,22-,24?/m0/s1. The molecular formula is C26H27ClF4N4O2. The highest BCUT2D eigenvalue weighted by Crippen LogP contribution is 2.33. The van der Waals surface area contributed by atoms with Crippen molar-refractivity contribution in [1.29, 1.82) is 0 Å². The minimum absolute atomic E-state index is 0.226. The van der Waals surface area contributed by atoms with E-state index in [1.165, 1.54) is 24.3 Å². The van der Waals surface area contributed by atoms with Gasteiger partial charge in [-0.15, -0.1) is 13.2 Å². The van der Waals surface area contributed by atoms with Crippen LogP contribution in [0.25, 0.3) is 0 Å². The number of nitrogens with one attached hydrogen (secondary N) is 2. The van der Waals surface area contributed by atoms with Gasteiger partial charge in [0.25, 0.3) is 0 Å². The Hall–Kier alpha value is -3.11. The van der Waals surface area contributed by atoms with Gasteiger partial charge in [0.05, 0.1) is 17.5 Å². The van der Waals surface area contributed by atoms with Crippen LogP contribution in [0.2, 0.25) is 0 Å². The Bertz CT molecular complexity index is 1170. The third-order valence-corrected chi connectivity index (χ3v) is 6.76. The van der Waals surface area contributed by atoms with Gasteiger partial charge in [-0.05, 0) is 67.2 Å². The van der Waals surface area contributed by atoms with E-state index in [0.717, 1.165) is 16.3 Å². The van der Waals surface area contributed by atoms with Crippen molar-refractivity contribution >= 4 is 29.0 Å². The van der Waals surface area contributed by atoms with E-state index in [1.807, 2.05) is 19.1 Å². The Morgan fingerprint density at radius 3 is 2.54 bits per heavy atom. The van der Waals surface area contributed by atoms with Crippen LogP contribution in [-0.2, 0) is 4.74 Å². The van der Waals surface area contributed by atoms with Gasteiger partial charge in [-0.1, -0.05) is 43.7 Å². The number of nitrogens with zero attached hydrogens (tertiary/aromatic N) is 2. The second kappa shape index (κ2) is 11.1. The summed E-state index contributed by atoms with van der Waals surface area (Å²) in [5, 5.41) is 12.8. The molecule has 2 N–H and O–H groups in total. The summed E-state index contributed by atoms with van der Waals surface area (Å²) in [7, 11) is 0. The zero-order valence-electron chi connectivity index (χ0n) is 20.2. The molecule has 37 heavy (non-hydrogen) atoms. The Morgan fingerprint density at radius 1 is 1.16 bits per heavy atom. The number of halogens is 5. The van der Waals surface area contributed by atoms with Crippen molar-refractivity contribution in [1.82, 2.24) is 10.6 Å². The fraction of sp³-hybridized carbons (Fsp3) is 0.385. The lowest BCUT2D eigenvalue weighted by Gasteiger charge is -2.27. The van der Waals surface area contributed by atoms with Gasteiger partial charge >= 0.3 is 12.4 Å². The molecule has 1 aromatic rings. The van der Waals surface area contributed by atoms with Crippen LogP contribution in [0.4, 0.5) is 28.0 Å². The van der Waals surface area contributed by atoms with Crippen LogP contribution in [0.1, 0.15) is 33.1 Å². The van der Waals surface area contributed by atoms with Crippen LogP contribution in [0, 0.1) is 17.7 Å². The first kappa shape index (κ1) is 26.9. The molecule has 4 rings (SSSR count). The number of alkyl halides is 3. The first-order valence-corrected chi connectivity index (χ1v) is 12.3. The molecule has 2 amide bonds. The highest BCUT2D eigenvalue weighted by molar-refractivity contribution is 6.30. The van der Waals surface area contributed by atoms with Gasteiger partial charge in [0.15, 0.2) is 0 Å². The number of amides is 2. The van der Waals surface area contributed by atoms with E-state index < -0.39 is 36.4 Å². The molecular weight excluding hydrogens is 512 g/mol. The molecule has 3 aliphatic rings. The van der Waals surface area contributed by atoms with Crippen LogP contribution >= 0.6 is 11.6 Å². The van der Waals surface area contributed by atoms with Crippen molar-refractivity contribution in [2.45, 2.75) is 51.7 Å². The smallest absolute Gasteiger partial charge is 0.315 e. The second-order valence-electron chi connectivity index (χ2n) is 9.20. The SMILES string of the molecule is CC1C(C2=CC=C(Cl)CC2)=NN(c2ccc(F)cc2)C1NC(=O)NC1=CC[C@H](C)[C@@H](OC(F)(F)F)C=C1. The summed E-state index contributed by atoms with van der Waals surface area (Å²) in [6, 6.07) is 5.22. The average molecular weight is 539 g/mol. The lowest BCUT2D eigenvalue weighted by Crippen LogP contribution is -2.51. The molecule has 2 unspecified atom stereocenters. The molecule has 198 valence electrons. The van der Waals surface area contributed by atoms with Crippen LogP contribution < -0.4 is 15.6 Å². The molecule has 0 fully saturated rings. The number of hydrogen-bond donors (Lipinski definition) is 2. The van der Waals surface area contributed by atoms with E-state index in [0.29, 0.717) is 24.2 Å². The zero-order chi connectivity index (χ0) is 26.7. The number of benzene rings is 1. The van der Waals surface area contributed by atoms with Crippen molar-refractivity contribution in [2.75, 3.05) is 5.01 Å². The van der Waals surface area contributed by atoms with E-state index in [4.69, 9.17) is 16.7 Å². The summed E-state index contributed by atoms with van der Waals surface area (Å²) in [6.45, 7) is 3.57. The van der Waals surface area contributed by atoms with Crippen molar-refractivity contribution in [3.63, 3.8) is 0 Å². The number of hydrogen-bond acceptors (Lipinski definition) is 4. The molecule has 0 aromatic heterocycles. The molecule has 1 aliphatic heterocycles. The Labute approximate surface area is 217 Å². The summed E-state index contributed by atoms with van der Waals surface area (Å²) in [5.74, 6) is -1.06. The van der Waals surface area contributed by atoms with Gasteiger partial charge in [-0.2, -0.15) is 5.10 Å². The van der Waals surface area contributed by atoms with Gasteiger partial charge in [0.1, 0.15) is 12.0 Å². The van der Waals surface area contributed by atoms with E-state index in [-0.39, 0.29) is 12.3 Å². The predicted octanol–water partition coefficient (Wildman–Crippen LogP) is 6.49. The fourth-order valence-electron chi connectivity index (χ4n) is 4.42. The lowest BCUT2D eigenvalue weighted by molar-refractivity contribution is -0.340. The molecule has 11 heteroatoms. The summed E-state index contributed by atoms with van der Waals surface area (Å²) in [5.41, 5.74) is 2.72. The number of rotatable bonds is 5. The van der Waals surface area contributed by atoms with Crippen molar-refractivity contribution in [3.05, 3.63) is 76.8 Å². The minimum atomic E-state index is -4.76. The molecule has 0 radical (unpaired) electrons. The van der Waals surface area contributed by atoms with Gasteiger partial charge in [0.2, 0.25) is 0 Å². The van der Waals surface area contributed by atoms with E-state index in [1.54, 1.807) is 30.1 Å². The van der Waals surface area contributed by atoms with E-state index >= 15 is 0 Å². The Kier molecular flexibility index (Phi) is 8.08. The molecule has 4 atom stereocenters. The van der Waals surface area contributed by atoms with Crippen molar-refractivity contribution < 1.29 is 27.1 Å². The molecule has 2 aliphatic carbocycles. The van der Waals surface area contributed by atoms with Crippen LogP contribution in [0.15, 0.2) is 76.0 Å². The molecule has 0 spiro atoms. The van der Waals surface area contributed by atoms with Gasteiger partial charge in [0, 0.05) is 16.6 Å². The summed E-state index contributed by atoms with van der Waals surface area (Å²) >= 11 is 6.11. The maximum absolute atomic E-state index is 13.6. The number of anilines is 1. The number of hydrazone groups is 1. The van der Waals surface area contributed by atoms with Crippen LogP contribution in [-0.4, -0.2) is 30.4 Å². The zero-order valence-corrected chi connectivity index (χ0v) is 21.0. The largest absolute Gasteiger partial charge is 0.523 e. The van der Waals surface area contributed by atoms with Crippen molar-refractivity contribution in [2.24, 2.45) is 16.9 Å². The first-order chi connectivity index (χ1) is 17.5. The summed E-state index contributed by atoms with van der Waals surface area (Å²) in [6.07, 6.45) is 3.23. The summed E-state index contributed by atoms with van der Waals surface area (Å²) in [4.78, 5) is 13.0. The average Bonchev–Trinajstić information content (AvgIpc) is 3.05. The fourth-order valence-corrected chi connectivity index (χ4v) is 4.58. The normalized spacial score (nSPS) is 26.1. The van der Waals surface area contributed by atoms with Gasteiger partial charge in [-0.25, -0.2) is 14.2 Å². The topological polar surface area (TPSA) is 66.0 Å². The monoisotopic (exact) mass is 538 g/mol. The van der Waals surface area contributed by atoms with E-state index in [9.17, 15) is 22.4 Å². The molecule has 0 bridgehead atoms. The number of urea groups is 1. The molecule has 0 saturated carbocycles. The maximum Gasteiger partial charge on any atom is 0.523 e. The predicted molar refractivity (Wildman–Crippen MR) is 134 cm³/mol. The van der Waals surface area contributed by atoms with E-state index in [2.05, 4.69) is 15.4 Å². The Morgan fingerprint density at radius 2 is 1.89 bits per heavy atom. The third-order valence-electron chi connectivity index (χ3n) is 6.44. The van der Waals surface area contributed by atoms with Crippen LogP contribution in [0.5, 0.6) is 0 Å². The Balaban J connectivity index is 1.50. The lowest BCUT2D eigenvalue weighted by atomic mass is 9.91. The minimum Gasteiger partial charge on any atom is -0.315 e. The summed E-state index contributed by atoms with van der Waals surface area (Å²) < 4.78 is 55.8. The highest BCUT2D eigenvalue weighted by atomic mass is 35.5. The first-order valence-electron chi connectivity index (χ1n) is 11.9. The molecule has 1 heterocycles. The number of ether oxygens (including phenoxy) is 1. The van der Waals surface area contributed by atoms with Crippen LogP contribution in [0.3, 0.4) is 0 Å². The maximum atomic E-state index is 13.6. The number of allylic oxidation sites excluding steroid dienone is 6. The number of carbonyl (C=O) groups is 1. The quantitative estimate of drug-likeness (QED) is 0.421.